The molecule has 5 atom stereocenters. The first-order chi connectivity index (χ1) is 21.4. The average molecular weight is 657 g/mol. The summed E-state index contributed by atoms with van der Waals surface area (Å²) in [5, 5.41) is 12.8. The molecule has 3 fully saturated rings. The van der Waals surface area contributed by atoms with Crippen LogP contribution in [-0.4, -0.2) is 68.5 Å². The molecule has 2 aromatic carbocycles. The molecule has 0 radical (unpaired) electrons. The van der Waals surface area contributed by atoms with Gasteiger partial charge in [0.05, 0.1) is 16.9 Å². The van der Waals surface area contributed by atoms with E-state index in [9.17, 15) is 33.0 Å². The van der Waals surface area contributed by atoms with E-state index < -0.39 is 36.8 Å². The third-order valence-corrected chi connectivity index (χ3v) is 11.3. The Morgan fingerprint density at radius 2 is 1.80 bits per heavy atom. The Kier molecular flexibility index (Phi) is 8.29. The maximum Gasteiger partial charge on any atom is 0.399 e. The summed E-state index contributed by atoms with van der Waals surface area (Å²) < 4.78 is 40.3. The number of nitrogens with one attached hydrogen (secondary N) is 1. The largest absolute Gasteiger partial charge is 0.399 e. The molecule has 3 saturated heterocycles. The van der Waals surface area contributed by atoms with E-state index in [1.807, 2.05) is 30.3 Å². The third-order valence-electron chi connectivity index (χ3n) is 9.15. The van der Waals surface area contributed by atoms with Gasteiger partial charge in [-0.15, -0.1) is 11.3 Å². The number of carbonyl (C=O) groups excluding carboxylic acids is 3. The van der Waals surface area contributed by atoms with Crippen LogP contribution < -0.4 is 5.32 Å². The van der Waals surface area contributed by atoms with Crippen LogP contribution in [0, 0.1) is 17.2 Å². The fourth-order valence-corrected chi connectivity index (χ4v) is 8.26. The molecule has 3 aromatic rings. The zero-order valence-corrected chi connectivity index (χ0v) is 25.7. The Hall–Kier alpha value is -3.69. The molecule has 1 aromatic heterocycles. The van der Waals surface area contributed by atoms with Crippen molar-refractivity contribution < 1.29 is 37.5 Å². The monoisotopic (exact) mass is 656 g/mol. The summed E-state index contributed by atoms with van der Waals surface area (Å²) in [5.41, 5.74) is -4.26. The topological polar surface area (TPSA) is 151 Å². The second-order valence-corrected chi connectivity index (χ2v) is 14.6. The van der Waals surface area contributed by atoms with Crippen LogP contribution in [0.2, 0.25) is 0 Å². The summed E-state index contributed by atoms with van der Waals surface area (Å²) in [6.07, 6.45) is 2.88. The van der Waals surface area contributed by atoms with Crippen molar-refractivity contribution in [3.05, 3.63) is 70.6 Å². The molecule has 236 valence electrons. The van der Waals surface area contributed by atoms with Gasteiger partial charge in [0.15, 0.2) is 0 Å². The molecule has 0 saturated carbocycles. The number of hydrogen-bond acceptors (Lipinski definition) is 6. The van der Waals surface area contributed by atoms with Crippen molar-refractivity contribution in [1.82, 2.24) is 15.1 Å². The standard InChI is InChI=1S/C31H31F2N4O6PS/c32-31(33,44(41,42)43)21-9-12-26-19(13-21)14-27(45-26)28(38)35-24-8-4-7-22-10-11-25(37(22)29(24)39)30(40)36-16-20(15-34)23(17-36)18-5-2-1-3-6-18/h1-3,5-6,9,12-14,20,22-25H,4,7-8,10-11,16-17H2,(H,35,38)(H2,41,42,43)/t20-,22+,23+,24+,25+/m1/s1. The van der Waals surface area contributed by atoms with E-state index in [2.05, 4.69) is 11.4 Å². The number of thiophene rings is 1. The molecule has 3 amide bonds. The first kappa shape index (κ1) is 31.3. The lowest BCUT2D eigenvalue weighted by atomic mass is 9.90. The predicted molar refractivity (Wildman–Crippen MR) is 161 cm³/mol. The second-order valence-electron chi connectivity index (χ2n) is 11.9. The van der Waals surface area contributed by atoms with Crippen LogP contribution in [0.5, 0.6) is 0 Å². The molecular weight excluding hydrogens is 625 g/mol. The van der Waals surface area contributed by atoms with Crippen LogP contribution in [-0.2, 0) is 19.8 Å². The molecule has 0 spiro atoms. The number of hydrogen-bond donors (Lipinski definition) is 3. The quantitative estimate of drug-likeness (QED) is 0.330. The van der Waals surface area contributed by atoms with Crippen LogP contribution in [0.4, 0.5) is 8.78 Å². The lowest BCUT2D eigenvalue weighted by molar-refractivity contribution is -0.145. The van der Waals surface area contributed by atoms with Crippen molar-refractivity contribution in [2.45, 2.75) is 61.8 Å². The summed E-state index contributed by atoms with van der Waals surface area (Å²) in [5.74, 6) is -1.60. The Labute approximate surface area is 261 Å². The highest BCUT2D eigenvalue weighted by molar-refractivity contribution is 7.52. The number of fused-ring (bicyclic) bond motifs is 2. The minimum Gasteiger partial charge on any atom is -0.340 e. The van der Waals surface area contributed by atoms with Gasteiger partial charge >= 0.3 is 13.3 Å². The number of benzene rings is 2. The summed E-state index contributed by atoms with van der Waals surface area (Å²) in [6.45, 7) is 0.671. The molecular formula is C31H31F2N4O6PS. The zero-order chi connectivity index (χ0) is 32.1. The van der Waals surface area contributed by atoms with Crippen LogP contribution in [0.25, 0.3) is 10.1 Å². The van der Waals surface area contributed by atoms with E-state index in [4.69, 9.17) is 9.79 Å². The first-order valence-corrected chi connectivity index (χ1v) is 17.2. The van der Waals surface area contributed by atoms with Crippen molar-refractivity contribution in [2.24, 2.45) is 5.92 Å². The number of nitrogens with zero attached hydrogens (tertiary/aromatic N) is 3. The van der Waals surface area contributed by atoms with Crippen molar-refractivity contribution >= 4 is 46.7 Å². The Balaban J connectivity index is 1.17. The lowest BCUT2D eigenvalue weighted by Crippen LogP contribution is -2.54. The number of likely N-dealkylation sites (tertiary alicyclic amines) is 1. The average Bonchev–Trinajstić information content (AvgIpc) is 3.74. The molecule has 10 nitrogen and oxygen atoms in total. The highest BCUT2D eigenvalue weighted by atomic mass is 32.1. The number of alkyl halides is 2. The summed E-state index contributed by atoms with van der Waals surface area (Å²) in [6, 6.07) is 14.7. The molecule has 0 aliphatic carbocycles. The summed E-state index contributed by atoms with van der Waals surface area (Å²) in [7, 11) is -5.76. The van der Waals surface area contributed by atoms with Gasteiger partial charge in [0, 0.05) is 35.3 Å². The van der Waals surface area contributed by atoms with Gasteiger partial charge < -0.3 is 24.9 Å². The van der Waals surface area contributed by atoms with Gasteiger partial charge in [-0.25, -0.2) is 0 Å². The minimum atomic E-state index is -5.76. The van der Waals surface area contributed by atoms with E-state index in [0.29, 0.717) is 43.3 Å². The van der Waals surface area contributed by atoms with Gasteiger partial charge in [-0.1, -0.05) is 36.4 Å². The molecule has 4 heterocycles. The SMILES string of the molecule is N#C[C@@H]1CN(C(=O)[C@@H]2CC[C@@H]3CCC[C@H](NC(=O)c4cc5cc(C(F)(F)P(=O)(O)O)ccc5s4)C(=O)N32)C[C@H]1c1ccccc1. The van der Waals surface area contributed by atoms with Gasteiger partial charge in [-0.05, 0) is 61.3 Å². The lowest BCUT2D eigenvalue weighted by Gasteiger charge is -2.32. The fraction of sp³-hybridized carbons (Fsp3) is 0.419. The van der Waals surface area contributed by atoms with Crippen molar-refractivity contribution in [3.8, 4) is 6.07 Å². The van der Waals surface area contributed by atoms with Gasteiger partial charge in [0.1, 0.15) is 12.1 Å². The van der Waals surface area contributed by atoms with Crippen molar-refractivity contribution in [3.63, 3.8) is 0 Å². The summed E-state index contributed by atoms with van der Waals surface area (Å²) in [4.78, 5) is 62.6. The molecule has 0 bridgehead atoms. The highest BCUT2D eigenvalue weighted by Gasteiger charge is 2.51. The van der Waals surface area contributed by atoms with Crippen molar-refractivity contribution in [1.29, 1.82) is 5.26 Å². The van der Waals surface area contributed by atoms with Crippen LogP contribution in [0.1, 0.15) is 58.8 Å². The molecule has 3 N–H and O–H groups in total. The number of amides is 3. The molecule has 14 heteroatoms. The van der Waals surface area contributed by atoms with Gasteiger partial charge in [0.2, 0.25) is 11.8 Å². The molecule has 6 rings (SSSR count). The zero-order valence-electron chi connectivity index (χ0n) is 24.0. The van der Waals surface area contributed by atoms with E-state index in [0.717, 1.165) is 29.0 Å². The molecule has 3 aliphatic rings. The fourth-order valence-electron chi connectivity index (χ4n) is 6.84. The van der Waals surface area contributed by atoms with Crippen LogP contribution in [0.15, 0.2) is 54.6 Å². The number of nitriles is 1. The van der Waals surface area contributed by atoms with E-state index in [-0.39, 0.29) is 46.5 Å². The normalized spacial score (nSPS) is 25.6. The van der Waals surface area contributed by atoms with Gasteiger partial charge in [-0.3, -0.25) is 18.9 Å². The predicted octanol–water partition coefficient (Wildman–Crippen LogP) is 4.54. The minimum absolute atomic E-state index is 0.121. The maximum absolute atomic E-state index is 14.3. The Bertz CT molecular complexity index is 1740. The van der Waals surface area contributed by atoms with Crippen molar-refractivity contribution in [2.75, 3.05) is 13.1 Å². The maximum atomic E-state index is 14.3. The number of rotatable bonds is 6. The summed E-state index contributed by atoms with van der Waals surface area (Å²) >= 11 is 1.01. The van der Waals surface area contributed by atoms with Gasteiger partial charge in [-0.2, -0.15) is 14.0 Å². The van der Waals surface area contributed by atoms with Crippen LogP contribution in [0.3, 0.4) is 0 Å². The molecule has 45 heavy (non-hydrogen) atoms. The number of halogens is 2. The third kappa shape index (κ3) is 5.76. The van der Waals surface area contributed by atoms with E-state index >= 15 is 0 Å². The molecule has 0 unspecified atom stereocenters. The number of carbonyl (C=O) groups is 3. The van der Waals surface area contributed by atoms with Crippen LogP contribution >= 0.6 is 18.9 Å². The second kappa shape index (κ2) is 11.9. The Morgan fingerprint density at radius 1 is 1.04 bits per heavy atom. The molecule has 3 aliphatic heterocycles. The Morgan fingerprint density at radius 3 is 2.51 bits per heavy atom. The first-order valence-electron chi connectivity index (χ1n) is 14.7. The van der Waals surface area contributed by atoms with E-state index in [1.54, 1.807) is 9.80 Å². The highest BCUT2D eigenvalue weighted by Crippen LogP contribution is 2.59. The smallest absolute Gasteiger partial charge is 0.340 e. The van der Waals surface area contributed by atoms with E-state index in [1.165, 1.54) is 12.1 Å². The van der Waals surface area contributed by atoms with Gasteiger partial charge in [0.25, 0.3) is 5.91 Å².